The van der Waals surface area contributed by atoms with E-state index in [0.717, 1.165) is 5.57 Å². The van der Waals surface area contributed by atoms with Crippen molar-refractivity contribution in [1.29, 1.82) is 0 Å². The number of hydrogen-bond acceptors (Lipinski definition) is 14. The van der Waals surface area contributed by atoms with Crippen LogP contribution in [0.15, 0.2) is 48.1 Å². The molecule has 1 aromatic carbocycles. The highest BCUT2D eigenvalue weighted by molar-refractivity contribution is 6.74. The molecule has 3 fully saturated rings. The summed E-state index contributed by atoms with van der Waals surface area (Å²) in [6, 6.07) is 3.61. The van der Waals surface area contributed by atoms with Gasteiger partial charge in [0.1, 0.15) is 24.3 Å². The second kappa shape index (κ2) is 26.5. The molecule has 0 saturated heterocycles. The fourth-order valence-corrected chi connectivity index (χ4v) is 14.3. The number of urea groups is 1. The van der Waals surface area contributed by atoms with E-state index in [-0.39, 0.29) is 80.5 Å². The maximum Gasteiger partial charge on any atom is 0.409 e. The molecular formula is C60H92ClN7O14Si. The van der Waals surface area contributed by atoms with Gasteiger partial charge >= 0.3 is 30.3 Å². The molecule has 462 valence electrons. The maximum absolute atomic E-state index is 15.1. The predicted octanol–water partition coefficient (Wildman–Crippen LogP) is 8.92. The number of carbonyl (C=O) groups is 9. The van der Waals surface area contributed by atoms with Gasteiger partial charge in [0, 0.05) is 62.6 Å². The van der Waals surface area contributed by atoms with Crippen molar-refractivity contribution < 1.29 is 66.5 Å². The molecule has 0 spiro atoms. The topological polar surface area (TPSA) is 280 Å². The van der Waals surface area contributed by atoms with Crippen molar-refractivity contribution in [3.63, 3.8) is 0 Å². The van der Waals surface area contributed by atoms with E-state index in [1.165, 1.54) is 23.9 Å². The number of esters is 1. The first-order valence-electron chi connectivity index (χ1n) is 28.9. The lowest BCUT2D eigenvalue weighted by molar-refractivity contribution is -0.201. The van der Waals surface area contributed by atoms with E-state index in [1.807, 2.05) is 19.9 Å². The average Bonchev–Trinajstić information content (AvgIpc) is 1.69. The van der Waals surface area contributed by atoms with E-state index >= 15 is 4.79 Å². The number of likely N-dealkylation sites (N-methyl/N-ethyl adjacent to an activating group) is 2. The lowest BCUT2D eigenvalue weighted by Gasteiger charge is -2.66. The summed E-state index contributed by atoms with van der Waals surface area (Å²) in [5, 5.41) is 10.3. The van der Waals surface area contributed by atoms with Crippen LogP contribution in [0.2, 0.25) is 18.1 Å². The van der Waals surface area contributed by atoms with Crippen molar-refractivity contribution in [2.45, 2.75) is 187 Å². The van der Waals surface area contributed by atoms with Gasteiger partial charge in [0.15, 0.2) is 26.3 Å². The van der Waals surface area contributed by atoms with Gasteiger partial charge in [-0.3, -0.25) is 24.0 Å². The number of nitrogens with two attached hydrogens (primary N) is 1. The van der Waals surface area contributed by atoms with Gasteiger partial charge < -0.3 is 60.2 Å². The lowest BCUT2D eigenvalue weighted by Crippen LogP contribution is -2.71. The SMILES string of the molecule is CCC(=O)O[C@]1(C(=O)COC(=O)N(C)CCN(C)C(=O)OCc2ccc(NC(=O)[C@H](CCCNC(N)=O)NC(=O)[C@@H](NC(=O)OC(C)(C)C)C(C)C)cc2)[C@@H](C)C[C@H]2[C@@H]3CCC4=CC(=O)C=C[C@]4(C)[C@@]3(Cl)[C@@H](O[Si](C)(C)C(C)(C)C)C[C@@]21C. The molecule has 0 aliphatic heterocycles. The lowest BCUT2D eigenvalue weighted by atomic mass is 9.45. The highest BCUT2D eigenvalue weighted by atomic mass is 35.5. The molecule has 4 aliphatic carbocycles. The molecule has 6 N–H and O–H groups in total. The minimum atomic E-state index is -2.58. The Hall–Kier alpha value is -6.00. The van der Waals surface area contributed by atoms with Gasteiger partial charge in [-0.25, -0.2) is 19.2 Å². The molecule has 0 unspecified atom stereocenters. The Kier molecular flexibility index (Phi) is 21.6. The van der Waals surface area contributed by atoms with Gasteiger partial charge in [0.2, 0.25) is 17.6 Å². The second-order valence-electron chi connectivity index (χ2n) is 26.2. The van der Waals surface area contributed by atoms with E-state index < -0.39 is 114 Å². The summed E-state index contributed by atoms with van der Waals surface area (Å²) in [6.07, 6.45) is 4.72. The fraction of sp³-hybridized carbons (Fsp3) is 0.683. The van der Waals surface area contributed by atoms with Gasteiger partial charge in [0.25, 0.3) is 0 Å². The molecule has 5 rings (SSSR count). The minimum absolute atomic E-state index is 0.00184. The Morgan fingerprint density at radius 1 is 0.892 bits per heavy atom. The van der Waals surface area contributed by atoms with E-state index in [2.05, 4.69) is 62.1 Å². The number of nitrogens with one attached hydrogen (secondary N) is 4. The first-order chi connectivity index (χ1) is 38.4. The summed E-state index contributed by atoms with van der Waals surface area (Å²) in [4.78, 5) is 121. The Balaban J connectivity index is 1.21. The second-order valence-corrected chi connectivity index (χ2v) is 31.6. The number of fused-ring (bicyclic) bond motifs is 5. The molecule has 1 aromatic rings. The number of Topliss-reactive ketones (excluding diaryl/α,β-unsaturated/α-hetero) is 1. The van der Waals surface area contributed by atoms with Gasteiger partial charge in [-0.05, 0) is 125 Å². The van der Waals surface area contributed by atoms with Gasteiger partial charge in [-0.15, -0.1) is 11.6 Å². The zero-order valence-electron chi connectivity index (χ0n) is 51.6. The standard InChI is InChI=1S/C60H92ClN7O14Si/c1-17-47(71)80-60(37(4)31-43-42-25-22-39-32-41(69)26-27-57(39,11)59(42,61)46(33-58(43,60)12)82-83(15,16)56(8,9)10)45(70)35-79-54(77)68(14)30-29-67(13)53(76)78-34-38-20-23-40(24-21-38)64-49(72)44(19-18-28-63-51(62)74)65-50(73)48(36(2)3)66-52(75)81-55(5,6)7/h20-21,23-24,26-27,32,36-37,42-44,46,48H,17-19,22,25,28-31,33-35H2,1-16H3,(H,64,72)(H,65,73)(H,66,75)(H3,62,63,74)/t37-,42-,43-,44-,46-,48-,57-,58-,59-,60-/m0/s1. The summed E-state index contributed by atoms with van der Waals surface area (Å²) in [7, 11) is 0.397. The number of nitrogens with zero attached hydrogens (tertiary/aromatic N) is 2. The van der Waals surface area contributed by atoms with Crippen LogP contribution >= 0.6 is 11.6 Å². The highest BCUT2D eigenvalue weighted by Gasteiger charge is 2.77. The number of ketones is 2. The van der Waals surface area contributed by atoms with Crippen LogP contribution in [0.25, 0.3) is 0 Å². The van der Waals surface area contributed by atoms with Crippen LogP contribution < -0.4 is 27.0 Å². The zero-order chi connectivity index (χ0) is 62.4. The van der Waals surface area contributed by atoms with Crippen molar-refractivity contribution in [1.82, 2.24) is 25.8 Å². The molecule has 0 heterocycles. The molecule has 23 heteroatoms. The number of carbonyl (C=O) groups excluding carboxylic acids is 9. The number of amides is 7. The Labute approximate surface area is 496 Å². The third-order valence-corrected chi connectivity index (χ3v) is 23.3. The summed E-state index contributed by atoms with van der Waals surface area (Å²) in [5.74, 6) is -3.66. The largest absolute Gasteiger partial charge is 0.450 e. The number of alkyl halides is 1. The van der Waals surface area contributed by atoms with E-state index in [0.29, 0.717) is 30.5 Å². The van der Waals surface area contributed by atoms with E-state index in [4.69, 9.17) is 40.7 Å². The summed E-state index contributed by atoms with van der Waals surface area (Å²) >= 11 is 8.24. The number of hydrogen-bond donors (Lipinski definition) is 5. The maximum atomic E-state index is 15.1. The number of alkyl carbamates (subject to hydrolysis) is 1. The fourth-order valence-electron chi connectivity index (χ4n) is 12.3. The summed E-state index contributed by atoms with van der Waals surface area (Å²) < 4.78 is 30.5. The third kappa shape index (κ3) is 15.1. The van der Waals surface area contributed by atoms with Crippen LogP contribution in [0.1, 0.15) is 134 Å². The van der Waals surface area contributed by atoms with E-state index in [1.54, 1.807) is 78.0 Å². The Bertz CT molecular complexity index is 2670. The molecule has 21 nitrogen and oxygen atoms in total. The zero-order valence-corrected chi connectivity index (χ0v) is 53.4. The minimum Gasteiger partial charge on any atom is -0.450 e. The third-order valence-electron chi connectivity index (χ3n) is 17.9. The van der Waals surface area contributed by atoms with Crippen molar-refractivity contribution in [3.05, 3.63) is 53.6 Å². The van der Waals surface area contributed by atoms with Gasteiger partial charge in [-0.2, -0.15) is 0 Å². The average molecular weight is 1200 g/mol. The van der Waals surface area contributed by atoms with Crippen LogP contribution in [0.5, 0.6) is 0 Å². The molecule has 83 heavy (non-hydrogen) atoms. The number of ether oxygens (including phenoxy) is 4. The van der Waals surface area contributed by atoms with Crippen LogP contribution in [-0.2, 0) is 54.0 Å². The van der Waals surface area contributed by atoms with Crippen molar-refractivity contribution >= 4 is 79.3 Å². The number of primary amides is 1. The number of rotatable bonds is 22. The molecule has 7 amide bonds. The number of halogens is 1. The molecule has 10 atom stereocenters. The van der Waals surface area contributed by atoms with Crippen LogP contribution in [0, 0.1) is 34.5 Å². The quantitative estimate of drug-likeness (QED) is 0.0238. The number of anilines is 1. The normalized spacial score (nSPS) is 26.3. The molecule has 3 saturated carbocycles. The first-order valence-corrected chi connectivity index (χ1v) is 32.2. The predicted molar refractivity (Wildman–Crippen MR) is 316 cm³/mol. The van der Waals surface area contributed by atoms with Crippen LogP contribution in [-0.4, -0.2) is 146 Å². The Morgan fingerprint density at radius 2 is 1.51 bits per heavy atom. The first kappa shape index (κ1) is 67.8. The van der Waals surface area contributed by atoms with Crippen molar-refractivity contribution in [2.75, 3.05) is 45.7 Å². The Morgan fingerprint density at radius 3 is 2.07 bits per heavy atom. The monoisotopic (exact) mass is 1200 g/mol. The molecule has 4 aliphatic rings. The summed E-state index contributed by atoms with van der Waals surface area (Å²) in [6.45, 7) is 26.4. The number of allylic oxidation sites excluding steroid dienone is 4. The van der Waals surface area contributed by atoms with Gasteiger partial charge in [-0.1, -0.05) is 86.1 Å². The van der Waals surface area contributed by atoms with Crippen LogP contribution in [0.4, 0.5) is 24.9 Å². The van der Waals surface area contributed by atoms with Crippen LogP contribution in [0.3, 0.4) is 0 Å². The highest BCUT2D eigenvalue weighted by Crippen LogP contribution is 2.73. The van der Waals surface area contributed by atoms with Crippen molar-refractivity contribution in [3.8, 4) is 0 Å². The molecule has 0 bridgehead atoms. The smallest absolute Gasteiger partial charge is 0.409 e. The molecular weight excluding hydrogens is 1110 g/mol. The van der Waals surface area contributed by atoms with Crippen molar-refractivity contribution in [2.24, 2.45) is 40.2 Å². The summed E-state index contributed by atoms with van der Waals surface area (Å²) in [5.41, 5.74) is 2.85. The molecule has 0 aromatic heterocycles. The molecule has 0 radical (unpaired) electrons. The van der Waals surface area contributed by atoms with E-state index in [9.17, 15) is 38.4 Å². The number of benzene rings is 1. The van der Waals surface area contributed by atoms with Gasteiger partial charge in [0.05, 0.1) is 11.0 Å².